The molecule has 2 aromatic rings. The van der Waals surface area contributed by atoms with Gasteiger partial charge in [-0.1, -0.05) is 41.9 Å². The van der Waals surface area contributed by atoms with E-state index in [2.05, 4.69) is 4.72 Å². The summed E-state index contributed by atoms with van der Waals surface area (Å²) < 4.78 is 27.2. The molecule has 0 radical (unpaired) electrons. The number of nitrogens with one attached hydrogen (secondary N) is 1. The standard InChI is InChI=1S/C14H15ClN2O3S/c15-12-7-6-11(16)8-14(12)21(19,20)17-13(9-18)10-4-2-1-3-5-10/h1-8,13,17-18H,9,16H2/t13-/m1/s1. The number of halogens is 1. The molecule has 21 heavy (non-hydrogen) atoms. The maximum absolute atomic E-state index is 12.4. The van der Waals surface area contributed by atoms with Gasteiger partial charge in [0.15, 0.2) is 0 Å². The van der Waals surface area contributed by atoms with E-state index < -0.39 is 16.1 Å². The molecule has 4 N–H and O–H groups in total. The Morgan fingerprint density at radius 3 is 2.48 bits per heavy atom. The van der Waals surface area contributed by atoms with Gasteiger partial charge in [0.25, 0.3) is 0 Å². The third kappa shape index (κ3) is 3.74. The van der Waals surface area contributed by atoms with Gasteiger partial charge in [-0.2, -0.15) is 0 Å². The number of aliphatic hydroxyl groups excluding tert-OH is 1. The van der Waals surface area contributed by atoms with Crippen LogP contribution in [0.25, 0.3) is 0 Å². The van der Waals surface area contributed by atoms with E-state index in [0.29, 0.717) is 11.3 Å². The number of nitrogen functional groups attached to an aromatic ring is 1. The van der Waals surface area contributed by atoms with Gasteiger partial charge in [0.2, 0.25) is 10.0 Å². The molecule has 0 saturated heterocycles. The molecular formula is C14H15ClN2O3S. The Hall–Kier alpha value is -1.60. The number of sulfonamides is 1. The summed E-state index contributed by atoms with van der Waals surface area (Å²) in [4.78, 5) is -0.112. The van der Waals surface area contributed by atoms with Crippen LogP contribution in [0.1, 0.15) is 11.6 Å². The molecule has 7 heteroatoms. The lowest BCUT2D eigenvalue weighted by molar-refractivity contribution is 0.259. The molecule has 2 rings (SSSR count). The zero-order valence-corrected chi connectivity index (χ0v) is 12.6. The van der Waals surface area contributed by atoms with Crippen molar-refractivity contribution in [3.63, 3.8) is 0 Å². The molecule has 2 aromatic carbocycles. The van der Waals surface area contributed by atoms with Crippen molar-refractivity contribution in [2.45, 2.75) is 10.9 Å². The third-order valence-electron chi connectivity index (χ3n) is 2.93. The van der Waals surface area contributed by atoms with Crippen LogP contribution in [0.4, 0.5) is 5.69 Å². The Bertz CT molecular complexity index is 720. The summed E-state index contributed by atoms with van der Waals surface area (Å²) in [5.41, 5.74) is 6.55. The van der Waals surface area contributed by atoms with Crippen LogP contribution in [-0.2, 0) is 10.0 Å². The third-order valence-corrected chi connectivity index (χ3v) is 4.88. The molecule has 0 unspecified atom stereocenters. The fourth-order valence-corrected chi connectivity index (χ4v) is 3.62. The van der Waals surface area contributed by atoms with Crippen molar-refractivity contribution in [1.82, 2.24) is 4.72 Å². The van der Waals surface area contributed by atoms with Gasteiger partial charge in [0, 0.05) is 5.69 Å². The van der Waals surface area contributed by atoms with Crippen LogP contribution >= 0.6 is 11.6 Å². The van der Waals surface area contributed by atoms with Crippen LogP contribution in [0.5, 0.6) is 0 Å². The molecule has 5 nitrogen and oxygen atoms in total. The van der Waals surface area contributed by atoms with Gasteiger partial charge in [-0.05, 0) is 23.8 Å². The summed E-state index contributed by atoms with van der Waals surface area (Å²) in [5.74, 6) is 0. The smallest absolute Gasteiger partial charge is 0.242 e. The minimum atomic E-state index is -3.89. The number of aliphatic hydroxyl groups is 1. The summed E-state index contributed by atoms with van der Waals surface area (Å²) >= 11 is 5.92. The number of rotatable bonds is 5. The average molecular weight is 327 g/mol. The zero-order chi connectivity index (χ0) is 15.5. The maximum Gasteiger partial charge on any atom is 0.242 e. The lowest BCUT2D eigenvalue weighted by Gasteiger charge is -2.17. The molecule has 0 spiro atoms. The Morgan fingerprint density at radius 2 is 1.86 bits per heavy atom. The molecule has 0 amide bonds. The summed E-state index contributed by atoms with van der Waals surface area (Å²) in [5, 5.41) is 9.50. The number of anilines is 1. The van der Waals surface area contributed by atoms with Gasteiger partial charge in [-0.3, -0.25) is 0 Å². The predicted octanol–water partition coefficient (Wildman–Crippen LogP) is 1.93. The lowest BCUT2D eigenvalue weighted by atomic mass is 10.1. The molecule has 1 atom stereocenters. The van der Waals surface area contributed by atoms with E-state index in [0.717, 1.165) is 0 Å². The molecular weight excluding hydrogens is 312 g/mol. The van der Waals surface area contributed by atoms with Crippen LogP contribution in [-0.4, -0.2) is 20.1 Å². The minimum Gasteiger partial charge on any atom is -0.399 e. The second-order valence-electron chi connectivity index (χ2n) is 4.46. The highest BCUT2D eigenvalue weighted by molar-refractivity contribution is 7.89. The molecule has 0 heterocycles. The van der Waals surface area contributed by atoms with Gasteiger partial charge in [-0.15, -0.1) is 0 Å². The SMILES string of the molecule is Nc1ccc(Cl)c(S(=O)(=O)N[C@H](CO)c2ccccc2)c1. The quantitative estimate of drug-likeness (QED) is 0.732. The highest BCUT2D eigenvalue weighted by Crippen LogP contribution is 2.25. The Morgan fingerprint density at radius 1 is 1.19 bits per heavy atom. The summed E-state index contributed by atoms with van der Waals surface area (Å²) in [6.07, 6.45) is 0. The first kappa shape index (κ1) is 15.8. The van der Waals surface area contributed by atoms with Crippen molar-refractivity contribution in [1.29, 1.82) is 0 Å². The highest BCUT2D eigenvalue weighted by Gasteiger charge is 2.23. The fourth-order valence-electron chi connectivity index (χ4n) is 1.87. The van der Waals surface area contributed by atoms with E-state index in [4.69, 9.17) is 17.3 Å². The molecule has 0 aliphatic carbocycles. The van der Waals surface area contributed by atoms with Crippen LogP contribution in [0.3, 0.4) is 0 Å². The molecule has 0 aliphatic heterocycles. The van der Waals surface area contributed by atoms with Crippen LogP contribution in [0, 0.1) is 0 Å². The summed E-state index contributed by atoms with van der Waals surface area (Å²) in [6, 6.07) is 12.2. The number of hydrogen-bond acceptors (Lipinski definition) is 4. The second kappa shape index (κ2) is 6.44. The number of nitrogens with two attached hydrogens (primary N) is 1. The van der Waals surface area contributed by atoms with Crippen LogP contribution < -0.4 is 10.5 Å². The monoisotopic (exact) mass is 326 g/mol. The van der Waals surface area contributed by atoms with E-state index in [1.807, 2.05) is 0 Å². The van der Waals surface area contributed by atoms with Crippen LogP contribution in [0.15, 0.2) is 53.4 Å². The molecule has 0 aliphatic rings. The molecule has 0 fully saturated rings. The largest absolute Gasteiger partial charge is 0.399 e. The van der Waals surface area contributed by atoms with Crippen molar-refractivity contribution >= 4 is 27.3 Å². The summed E-state index contributed by atoms with van der Waals surface area (Å²) in [7, 11) is -3.89. The van der Waals surface area contributed by atoms with Crippen LogP contribution in [0.2, 0.25) is 5.02 Å². The van der Waals surface area contributed by atoms with Crippen molar-refractivity contribution < 1.29 is 13.5 Å². The summed E-state index contributed by atoms with van der Waals surface area (Å²) in [6.45, 7) is -0.372. The van der Waals surface area contributed by atoms with E-state index in [-0.39, 0.29) is 16.5 Å². The van der Waals surface area contributed by atoms with Gasteiger partial charge in [-0.25, -0.2) is 13.1 Å². The van der Waals surface area contributed by atoms with Gasteiger partial charge in [0.05, 0.1) is 17.7 Å². The normalized spacial score (nSPS) is 13.0. The van der Waals surface area contributed by atoms with Crippen molar-refractivity contribution in [3.05, 3.63) is 59.1 Å². The van der Waals surface area contributed by atoms with Gasteiger partial charge >= 0.3 is 0 Å². The molecule has 0 aromatic heterocycles. The van der Waals surface area contributed by atoms with E-state index >= 15 is 0 Å². The Balaban J connectivity index is 2.34. The topological polar surface area (TPSA) is 92.4 Å². The Labute approximate surface area is 128 Å². The first-order chi connectivity index (χ1) is 9.94. The van der Waals surface area contributed by atoms with E-state index in [1.54, 1.807) is 30.3 Å². The fraction of sp³-hybridized carbons (Fsp3) is 0.143. The van der Waals surface area contributed by atoms with E-state index in [1.165, 1.54) is 18.2 Å². The predicted molar refractivity (Wildman–Crippen MR) is 82.5 cm³/mol. The highest BCUT2D eigenvalue weighted by atomic mass is 35.5. The van der Waals surface area contributed by atoms with Gasteiger partial charge in [0.1, 0.15) is 4.90 Å². The van der Waals surface area contributed by atoms with E-state index in [9.17, 15) is 13.5 Å². The maximum atomic E-state index is 12.4. The number of hydrogen-bond donors (Lipinski definition) is 3. The lowest BCUT2D eigenvalue weighted by Crippen LogP contribution is -2.31. The minimum absolute atomic E-state index is 0.0708. The Kier molecular flexibility index (Phi) is 4.84. The second-order valence-corrected chi connectivity index (χ2v) is 6.55. The number of benzene rings is 2. The van der Waals surface area contributed by atoms with Crippen molar-refractivity contribution in [2.75, 3.05) is 12.3 Å². The zero-order valence-electron chi connectivity index (χ0n) is 11.0. The molecule has 0 saturated carbocycles. The van der Waals surface area contributed by atoms with Crippen molar-refractivity contribution in [3.8, 4) is 0 Å². The first-order valence-corrected chi connectivity index (χ1v) is 8.03. The van der Waals surface area contributed by atoms with Crippen molar-refractivity contribution in [2.24, 2.45) is 0 Å². The average Bonchev–Trinajstić information content (AvgIpc) is 2.48. The first-order valence-electron chi connectivity index (χ1n) is 6.17. The van der Waals surface area contributed by atoms with Gasteiger partial charge < -0.3 is 10.8 Å². The molecule has 112 valence electrons. The molecule has 0 bridgehead atoms.